The standard InChI is InChI=1S/C17H16FN3O2S/c1-19-10-12-9-15(13-5-2-3-6-14(13)18)21(11-12)17-16(24(22)23)7-4-8-20-17/h2-9,11,17,19H,10H2,1H3. The molecule has 1 aliphatic rings. The number of aliphatic imine (C=N–C) groups is 1. The third-order valence-electron chi connectivity index (χ3n) is 3.72. The number of nitrogens with one attached hydrogen (secondary N) is 1. The van der Waals surface area contributed by atoms with Gasteiger partial charge in [0.15, 0.2) is 6.17 Å². The van der Waals surface area contributed by atoms with Crippen molar-refractivity contribution in [3.05, 3.63) is 60.1 Å². The number of aromatic nitrogens is 1. The molecule has 5 nitrogen and oxygen atoms in total. The minimum absolute atomic E-state index is 0.140. The van der Waals surface area contributed by atoms with Crippen LogP contribution in [0.15, 0.2) is 53.7 Å². The number of dihydropyridines is 1. The van der Waals surface area contributed by atoms with Gasteiger partial charge in [-0.3, -0.25) is 4.99 Å². The number of benzene rings is 1. The van der Waals surface area contributed by atoms with E-state index in [1.807, 2.05) is 13.1 Å². The first kappa shape index (κ1) is 16.4. The van der Waals surface area contributed by atoms with Crippen LogP contribution in [0.2, 0.25) is 0 Å². The second-order valence-corrected chi connectivity index (χ2v) is 6.26. The number of hydrogen-bond acceptors (Lipinski definition) is 4. The van der Waals surface area contributed by atoms with Gasteiger partial charge < -0.3 is 9.88 Å². The van der Waals surface area contributed by atoms with Crippen molar-refractivity contribution in [2.75, 3.05) is 7.05 Å². The Bertz CT molecular complexity index is 950. The van der Waals surface area contributed by atoms with Crippen molar-refractivity contribution in [2.45, 2.75) is 12.7 Å². The van der Waals surface area contributed by atoms with Crippen LogP contribution in [0.5, 0.6) is 0 Å². The quantitative estimate of drug-likeness (QED) is 0.864. The maximum atomic E-state index is 14.3. The molecular weight excluding hydrogens is 329 g/mol. The zero-order chi connectivity index (χ0) is 17.1. The van der Waals surface area contributed by atoms with E-state index in [9.17, 15) is 12.8 Å². The van der Waals surface area contributed by atoms with E-state index in [0.29, 0.717) is 17.8 Å². The third-order valence-corrected chi connectivity index (χ3v) is 4.45. The van der Waals surface area contributed by atoms with Gasteiger partial charge in [-0.05, 0) is 43.0 Å². The fourth-order valence-electron chi connectivity index (χ4n) is 2.70. The van der Waals surface area contributed by atoms with E-state index in [-0.39, 0.29) is 10.7 Å². The monoisotopic (exact) mass is 345 g/mol. The fourth-order valence-corrected chi connectivity index (χ4v) is 3.24. The topological polar surface area (TPSA) is 63.5 Å². The van der Waals surface area contributed by atoms with Crippen molar-refractivity contribution in [1.82, 2.24) is 9.88 Å². The maximum Gasteiger partial charge on any atom is 0.221 e. The molecule has 0 saturated heterocycles. The molecule has 1 aliphatic heterocycles. The van der Waals surface area contributed by atoms with E-state index in [4.69, 9.17) is 0 Å². The maximum absolute atomic E-state index is 14.3. The molecule has 0 bridgehead atoms. The minimum atomic E-state index is -2.41. The highest BCUT2D eigenvalue weighted by Crippen LogP contribution is 2.30. The molecule has 2 heterocycles. The summed E-state index contributed by atoms with van der Waals surface area (Å²) in [6, 6.07) is 8.25. The van der Waals surface area contributed by atoms with Gasteiger partial charge in [-0.25, -0.2) is 4.39 Å². The summed E-state index contributed by atoms with van der Waals surface area (Å²) in [4.78, 5) is 4.41. The molecule has 2 aromatic rings. The van der Waals surface area contributed by atoms with Crippen molar-refractivity contribution >= 4 is 21.4 Å². The first-order chi connectivity index (χ1) is 11.6. The second kappa shape index (κ2) is 6.94. The fraction of sp³-hybridized carbons (Fsp3) is 0.176. The summed E-state index contributed by atoms with van der Waals surface area (Å²) in [5, 5.41) is 3.04. The van der Waals surface area contributed by atoms with E-state index < -0.39 is 16.5 Å². The van der Waals surface area contributed by atoms with Crippen LogP contribution in [-0.4, -0.2) is 31.1 Å². The Labute approximate surface area is 140 Å². The first-order valence-electron chi connectivity index (χ1n) is 7.38. The summed E-state index contributed by atoms with van der Waals surface area (Å²) in [5.74, 6) is -0.368. The predicted molar refractivity (Wildman–Crippen MR) is 93.2 cm³/mol. The minimum Gasteiger partial charge on any atom is -0.320 e. The Morgan fingerprint density at radius 1 is 1.33 bits per heavy atom. The summed E-state index contributed by atoms with van der Waals surface area (Å²) in [7, 11) is -0.600. The van der Waals surface area contributed by atoms with E-state index >= 15 is 0 Å². The molecule has 0 amide bonds. The summed E-state index contributed by atoms with van der Waals surface area (Å²) >= 11 is 0. The molecule has 3 rings (SSSR count). The van der Waals surface area contributed by atoms with Crippen molar-refractivity contribution < 1.29 is 12.8 Å². The molecule has 0 radical (unpaired) electrons. The highest BCUT2D eigenvalue weighted by molar-refractivity contribution is 7.73. The van der Waals surface area contributed by atoms with Gasteiger partial charge >= 0.3 is 0 Å². The molecule has 24 heavy (non-hydrogen) atoms. The van der Waals surface area contributed by atoms with Crippen LogP contribution in [0.25, 0.3) is 11.3 Å². The molecule has 124 valence electrons. The molecule has 1 atom stereocenters. The predicted octanol–water partition coefficient (Wildman–Crippen LogP) is 2.20. The zero-order valence-corrected chi connectivity index (χ0v) is 13.8. The summed E-state index contributed by atoms with van der Waals surface area (Å²) in [6.45, 7) is 0.580. The van der Waals surface area contributed by atoms with Gasteiger partial charge in [-0.1, -0.05) is 12.1 Å². The number of allylic oxidation sites excluding steroid dienone is 1. The lowest BCUT2D eigenvalue weighted by atomic mass is 10.1. The number of nitrogens with zero attached hydrogens (tertiary/aromatic N) is 2. The SMILES string of the molecule is CNCc1cc(-c2ccccc2F)n(C2N=CC=CC2=S(=O)=O)c1. The van der Waals surface area contributed by atoms with Crippen molar-refractivity contribution in [2.24, 2.45) is 4.99 Å². The van der Waals surface area contributed by atoms with Crippen LogP contribution in [0.4, 0.5) is 4.39 Å². The number of rotatable bonds is 4. The van der Waals surface area contributed by atoms with Crippen molar-refractivity contribution in [3.63, 3.8) is 0 Å². The van der Waals surface area contributed by atoms with Gasteiger partial charge in [0.05, 0.1) is 5.69 Å². The molecule has 1 unspecified atom stereocenters. The molecule has 1 aromatic heterocycles. The zero-order valence-electron chi connectivity index (χ0n) is 13.0. The number of hydrogen-bond donors (Lipinski definition) is 1. The van der Waals surface area contributed by atoms with Crippen molar-refractivity contribution in [3.8, 4) is 11.3 Å². The average molecular weight is 345 g/mol. The Morgan fingerprint density at radius 2 is 2.12 bits per heavy atom. The average Bonchev–Trinajstić information content (AvgIpc) is 2.99. The van der Waals surface area contributed by atoms with Gasteiger partial charge in [0.1, 0.15) is 10.7 Å². The number of halogens is 1. The van der Waals surface area contributed by atoms with Crippen LogP contribution in [-0.2, 0) is 16.8 Å². The van der Waals surface area contributed by atoms with E-state index in [0.717, 1.165) is 5.56 Å². The highest BCUT2D eigenvalue weighted by atomic mass is 32.2. The van der Waals surface area contributed by atoms with Gasteiger partial charge in [0.25, 0.3) is 0 Å². The van der Waals surface area contributed by atoms with Crippen LogP contribution in [0.3, 0.4) is 0 Å². The normalized spacial score (nSPS) is 16.6. The Hall–Kier alpha value is -2.51. The third kappa shape index (κ3) is 3.08. The van der Waals surface area contributed by atoms with Crippen LogP contribution in [0, 0.1) is 5.82 Å². The molecule has 0 spiro atoms. The molecule has 0 fully saturated rings. The van der Waals surface area contributed by atoms with E-state index in [2.05, 4.69) is 10.3 Å². The van der Waals surface area contributed by atoms with Crippen LogP contribution in [0.1, 0.15) is 11.7 Å². The lowest BCUT2D eigenvalue weighted by Gasteiger charge is -2.18. The molecular formula is C17H16FN3O2S. The molecule has 7 heteroatoms. The summed E-state index contributed by atoms with van der Waals surface area (Å²) in [5.41, 5.74) is 1.90. The highest BCUT2D eigenvalue weighted by Gasteiger charge is 2.22. The van der Waals surface area contributed by atoms with Gasteiger partial charge in [0, 0.05) is 24.5 Å². The van der Waals surface area contributed by atoms with Crippen LogP contribution < -0.4 is 5.32 Å². The lowest BCUT2D eigenvalue weighted by molar-refractivity contribution is 0.620. The van der Waals surface area contributed by atoms with Gasteiger partial charge in [-0.15, -0.1) is 0 Å². The van der Waals surface area contributed by atoms with E-state index in [1.165, 1.54) is 12.1 Å². The van der Waals surface area contributed by atoms with Crippen LogP contribution >= 0.6 is 0 Å². The molecule has 1 aromatic carbocycles. The van der Waals surface area contributed by atoms with E-state index in [1.54, 1.807) is 41.3 Å². The molecule has 0 saturated carbocycles. The molecule has 1 N–H and O–H groups in total. The lowest BCUT2D eigenvalue weighted by Crippen LogP contribution is -2.19. The van der Waals surface area contributed by atoms with Crippen molar-refractivity contribution in [1.29, 1.82) is 0 Å². The smallest absolute Gasteiger partial charge is 0.221 e. The summed E-state index contributed by atoms with van der Waals surface area (Å²) < 4.78 is 39.0. The summed E-state index contributed by atoms with van der Waals surface area (Å²) in [6.07, 6.45) is 5.68. The Kier molecular flexibility index (Phi) is 4.73. The van der Waals surface area contributed by atoms with Gasteiger partial charge in [-0.2, -0.15) is 8.42 Å². The molecule has 0 aliphatic carbocycles. The largest absolute Gasteiger partial charge is 0.320 e. The van der Waals surface area contributed by atoms with Gasteiger partial charge in [0.2, 0.25) is 10.3 Å². The first-order valence-corrected chi connectivity index (χ1v) is 8.45. The second-order valence-electron chi connectivity index (χ2n) is 5.32. The Balaban J connectivity index is 2.20. The Morgan fingerprint density at radius 3 is 2.83 bits per heavy atom.